The number of nitrogens with one attached hydrogen (secondary N) is 1. The van der Waals surface area contributed by atoms with Crippen molar-refractivity contribution in [3.63, 3.8) is 0 Å². The smallest absolute Gasteiger partial charge is 0.422 e. The largest absolute Gasteiger partial charge is 0.484 e. The zero-order valence-corrected chi connectivity index (χ0v) is 23.3. The summed E-state index contributed by atoms with van der Waals surface area (Å²) in [5.74, 6) is 0.714. The Morgan fingerprint density at radius 2 is 1.87 bits per heavy atom. The molecule has 2 aromatic rings. The average molecular weight is 546 g/mol. The summed E-state index contributed by atoms with van der Waals surface area (Å²) in [6.07, 6.45) is -0.591. The minimum Gasteiger partial charge on any atom is -0.484 e. The molecule has 2 aliphatic rings. The molecule has 0 bridgehead atoms. The molecule has 0 spiro atoms. The van der Waals surface area contributed by atoms with Gasteiger partial charge in [-0.15, -0.1) is 0 Å². The number of piperidine rings is 1. The number of ether oxygens (including phenoxy) is 1. The molecule has 2 aromatic carbocycles. The first-order chi connectivity index (χ1) is 18.6. The molecular weight excluding hydrogens is 503 g/mol. The number of likely N-dealkylation sites (tertiary alicyclic amines) is 1. The summed E-state index contributed by atoms with van der Waals surface area (Å²) in [5.41, 5.74) is 8.09. The van der Waals surface area contributed by atoms with Gasteiger partial charge in [0.2, 0.25) is 5.91 Å². The monoisotopic (exact) mass is 545 g/mol. The molecule has 0 saturated carbocycles. The summed E-state index contributed by atoms with van der Waals surface area (Å²) in [6.45, 7) is 6.82. The fraction of sp³-hybridized carbons (Fsp3) is 0.581. The van der Waals surface area contributed by atoms with E-state index in [0.717, 1.165) is 31.2 Å². The highest BCUT2D eigenvalue weighted by atomic mass is 19.4. The molecule has 2 heterocycles. The van der Waals surface area contributed by atoms with Gasteiger partial charge in [0.25, 0.3) is 0 Å². The van der Waals surface area contributed by atoms with Crippen molar-refractivity contribution in [1.29, 1.82) is 0 Å². The maximum Gasteiger partial charge on any atom is 0.422 e. The van der Waals surface area contributed by atoms with E-state index in [0.29, 0.717) is 37.0 Å². The van der Waals surface area contributed by atoms with Crippen molar-refractivity contribution in [2.24, 2.45) is 17.6 Å². The molecule has 4 rings (SSSR count). The third-order valence-corrected chi connectivity index (χ3v) is 9.04. The second-order valence-electron chi connectivity index (χ2n) is 11.3. The molecule has 1 amide bonds. The number of nitrogens with two attached hydrogens (primary N) is 1. The van der Waals surface area contributed by atoms with Crippen molar-refractivity contribution in [1.82, 2.24) is 10.2 Å². The van der Waals surface area contributed by atoms with Gasteiger partial charge in [-0.25, -0.2) is 0 Å². The van der Waals surface area contributed by atoms with E-state index in [2.05, 4.69) is 48.3 Å². The number of nitrogens with zero attached hydrogens (tertiary/aromatic N) is 1. The van der Waals surface area contributed by atoms with Crippen molar-refractivity contribution in [2.75, 3.05) is 26.2 Å². The molecule has 0 aromatic heterocycles. The van der Waals surface area contributed by atoms with Crippen LogP contribution in [0.15, 0.2) is 48.5 Å². The maximum absolute atomic E-state index is 14.4. The number of hydrogen-bond donors (Lipinski definition) is 2. The number of halogens is 3. The van der Waals surface area contributed by atoms with Gasteiger partial charge in [-0.1, -0.05) is 76.1 Å². The Morgan fingerprint density at radius 3 is 2.51 bits per heavy atom. The Hall–Kier alpha value is -2.58. The van der Waals surface area contributed by atoms with E-state index in [4.69, 9.17) is 10.5 Å². The van der Waals surface area contributed by atoms with Crippen LogP contribution >= 0.6 is 0 Å². The van der Waals surface area contributed by atoms with E-state index < -0.39 is 18.2 Å². The fourth-order valence-electron chi connectivity index (χ4n) is 6.85. The van der Waals surface area contributed by atoms with E-state index in [9.17, 15) is 18.0 Å². The van der Waals surface area contributed by atoms with Gasteiger partial charge in [-0.05, 0) is 41.9 Å². The zero-order chi connectivity index (χ0) is 28.2. The topological polar surface area (TPSA) is 67.6 Å². The van der Waals surface area contributed by atoms with E-state index in [1.54, 1.807) is 6.07 Å². The van der Waals surface area contributed by atoms with Crippen molar-refractivity contribution in [2.45, 2.75) is 76.6 Å². The van der Waals surface area contributed by atoms with Gasteiger partial charge in [0, 0.05) is 43.2 Å². The van der Waals surface area contributed by atoms with Crippen molar-refractivity contribution < 1.29 is 22.7 Å². The lowest BCUT2D eigenvalue weighted by Gasteiger charge is -2.46. The minimum absolute atomic E-state index is 0.0265. The first kappa shape index (κ1) is 29.4. The molecule has 4 atom stereocenters. The van der Waals surface area contributed by atoms with Crippen LogP contribution in [0.25, 0.3) is 0 Å². The van der Waals surface area contributed by atoms with Crippen LogP contribution in [0.5, 0.6) is 5.75 Å². The van der Waals surface area contributed by atoms with Crippen LogP contribution < -0.4 is 15.8 Å². The molecule has 2 fully saturated rings. The van der Waals surface area contributed by atoms with E-state index in [-0.39, 0.29) is 30.2 Å². The van der Waals surface area contributed by atoms with E-state index in [1.165, 1.54) is 11.6 Å². The number of amides is 1. The fourth-order valence-corrected chi connectivity index (χ4v) is 6.85. The summed E-state index contributed by atoms with van der Waals surface area (Å²) in [6, 6.07) is 15.8. The molecule has 2 saturated heterocycles. The van der Waals surface area contributed by atoms with Crippen LogP contribution in [-0.4, -0.2) is 49.3 Å². The number of benzene rings is 2. The standard InChI is InChI=1S/C31H42F3N3O2/c1-4-21(5-2)27-16-23(22-10-7-6-8-11-22)14-15-37(27)29(38)26-18-36-19-30(26,3)25-12-9-13-28(24(25)17-35)39-20-31(32,33)34/h6-13,21,23,26-27,36H,4-5,14-20,35H2,1-3H3. The number of carbonyl (C=O) groups excluding carboxylic acids is 1. The average Bonchev–Trinajstić information content (AvgIpc) is 3.34. The van der Waals surface area contributed by atoms with E-state index in [1.807, 2.05) is 19.1 Å². The van der Waals surface area contributed by atoms with Gasteiger partial charge >= 0.3 is 6.18 Å². The van der Waals surface area contributed by atoms with Crippen molar-refractivity contribution in [3.05, 3.63) is 65.2 Å². The molecule has 214 valence electrons. The second kappa shape index (κ2) is 12.3. The molecule has 3 N–H and O–H groups in total. The number of alkyl halides is 3. The molecule has 8 heteroatoms. The maximum atomic E-state index is 14.4. The van der Waals surface area contributed by atoms with Gasteiger partial charge in [0.05, 0.1) is 5.92 Å². The Balaban J connectivity index is 1.63. The van der Waals surface area contributed by atoms with Gasteiger partial charge in [0.15, 0.2) is 6.61 Å². The van der Waals surface area contributed by atoms with Gasteiger partial charge < -0.3 is 20.7 Å². The SMILES string of the molecule is CCC(CC)C1CC(c2ccccc2)CCN1C(=O)C1CNCC1(C)c1cccc(OCC(F)(F)F)c1CN. The van der Waals surface area contributed by atoms with Crippen LogP contribution in [0.2, 0.25) is 0 Å². The lowest BCUT2D eigenvalue weighted by Crippen LogP contribution is -2.54. The van der Waals surface area contributed by atoms with Crippen LogP contribution in [0, 0.1) is 11.8 Å². The normalized spacial score (nSPS) is 25.7. The molecule has 5 nitrogen and oxygen atoms in total. The Bertz CT molecular complexity index is 1110. The van der Waals surface area contributed by atoms with Crippen molar-refractivity contribution in [3.8, 4) is 5.75 Å². The van der Waals surface area contributed by atoms with Crippen LogP contribution in [0.1, 0.15) is 69.1 Å². The lowest BCUT2D eigenvalue weighted by atomic mass is 9.70. The number of carbonyl (C=O) groups is 1. The Morgan fingerprint density at radius 1 is 1.15 bits per heavy atom. The first-order valence-electron chi connectivity index (χ1n) is 14.2. The lowest BCUT2D eigenvalue weighted by molar-refractivity contribution is -0.153. The summed E-state index contributed by atoms with van der Waals surface area (Å²) in [7, 11) is 0. The summed E-state index contributed by atoms with van der Waals surface area (Å²) >= 11 is 0. The first-order valence-corrected chi connectivity index (χ1v) is 14.2. The quantitative estimate of drug-likeness (QED) is 0.420. The molecule has 2 aliphatic heterocycles. The van der Waals surface area contributed by atoms with Gasteiger partial charge in [0.1, 0.15) is 5.75 Å². The summed E-state index contributed by atoms with van der Waals surface area (Å²) in [5, 5.41) is 3.41. The summed E-state index contributed by atoms with van der Waals surface area (Å²) in [4.78, 5) is 16.5. The molecular formula is C31H42F3N3O2. The zero-order valence-electron chi connectivity index (χ0n) is 23.3. The van der Waals surface area contributed by atoms with Gasteiger partial charge in [-0.2, -0.15) is 13.2 Å². The van der Waals surface area contributed by atoms with Gasteiger partial charge in [-0.3, -0.25) is 4.79 Å². The van der Waals surface area contributed by atoms with Crippen LogP contribution in [0.3, 0.4) is 0 Å². The number of rotatable bonds is 9. The van der Waals surface area contributed by atoms with E-state index >= 15 is 0 Å². The molecule has 4 unspecified atom stereocenters. The molecule has 0 aliphatic carbocycles. The second-order valence-corrected chi connectivity index (χ2v) is 11.3. The number of hydrogen-bond acceptors (Lipinski definition) is 4. The van der Waals surface area contributed by atoms with Crippen molar-refractivity contribution >= 4 is 5.91 Å². The predicted molar refractivity (Wildman–Crippen MR) is 148 cm³/mol. The molecule has 0 radical (unpaired) electrons. The van der Waals surface area contributed by atoms with Crippen LogP contribution in [-0.2, 0) is 16.8 Å². The Labute approximate surface area is 230 Å². The third-order valence-electron chi connectivity index (χ3n) is 9.04. The summed E-state index contributed by atoms with van der Waals surface area (Å²) < 4.78 is 43.9. The highest BCUT2D eigenvalue weighted by Crippen LogP contribution is 2.43. The third kappa shape index (κ3) is 6.27. The highest BCUT2D eigenvalue weighted by molar-refractivity contribution is 5.82. The Kier molecular flexibility index (Phi) is 9.27. The van der Waals surface area contributed by atoms with Crippen LogP contribution in [0.4, 0.5) is 13.2 Å². The highest BCUT2D eigenvalue weighted by Gasteiger charge is 2.49. The molecule has 39 heavy (non-hydrogen) atoms. The minimum atomic E-state index is -4.45. The predicted octanol–water partition coefficient (Wildman–Crippen LogP) is 5.77.